The van der Waals surface area contributed by atoms with Gasteiger partial charge in [0.05, 0.1) is 0 Å². The van der Waals surface area contributed by atoms with E-state index in [-0.39, 0.29) is 5.57 Å². The largest absolute Gasteiger partial charge is 0.372 e. The van der Waals surface area contributed by atoms with Gasteiger partial charge in [-0.25, -0.2) is 0 Å². The number of carbonyl (C=O) groups excluding carboxylic acids is 1. The zero-order valence-electron chi connectivity index (χ0n) is 14.9. The zero-order valence-corrected chi connectivity index (χ0v) is 14.9. The summed E-state index contributed by atoms with van der Waals surface area (Å²) in [5, 5.41) is 12.1. The molecule has 128 valence electrons. The Morgan fingerprint density at radius 3 is 2.32 bits per heavy atom. The van der Waals surface area contributed by atoms with Crippen LogP contribution in [0, 0.1) is 18.3 Å². The van der Waals surface area contributed by atoms with Gasteiger partial charge in [0.25, 0.3) is 5.91 Å². The van der Waals surface area contributed by atoms with Crippen molar-refractivity contribution in [3.63, 3.8) is 0 Å². The Morgan fingerprint density at radius 2 is 1.76 bits per heavy atom. The van der Waals surface area contributed by atoms with Crippen molar-refractivity contribution in [2.24, 2.45) is 0 Å². The van der Waals surface area contributed by atoms with Crippen molar-refractivity contribution in [2.45, 2.75) is 20.8 Å². The maximum atomic E-state index is 12.4. The zero-order chi connectivity index (χ0) is 18.2. The van der Waals surface area contributed by atoms with Crippen molar-refractivity contribution >= 4 is 23.4 Å². The molecule has 0 aliphatic rings. The molecule has 25 heavy (non-hydrogen) atoms. The molecule has 1 N–H and O–H groups in total. The van der Waals surface area contributed by atoms with Gasteiger partial charge in [0.1, 0.15) is 11.6 Å². The Bertz CT molecular complexity index is 797. The fraction of sp³-hybridized carbons (Fsp3) is 0.238. The quantitative estimate of drug-likeness (QED) is 0.630. The van der Waals surface area contributed by atoms with Crippen LogP contribution in [-0.4, -0.2) is 19.0 Å². The highest BCUT2D eigenvalue weighted by atomic mass is 16.1. The molecule has 0 heterocycles. The Morgan fingerprint density at radius 1 is 1.12 bits per heavy atom. The van der Waals surface area contributed by atoms with Gasteiger partial charge in [0, 0.05) is 24.5 Å². The molecule has 0 saturated heterocycles. The Hall–Kier alpha value is -3.06. The Kier molecular flexibility index (Phi) is 6.36. The van der Waals surface area contributed by atoms with Gasteiger partial charge >= 0.3 is 0 Å². The molecule has 0 bridgehead atoms. The summed E-state index contributed by atoms with van der Waals surface area (Å²) in [6.07, 6.45) is 1.61. The molecule has 0 atom stereocenters. The standard InChI is InChI=1S/C21H23N3O/c1-4-24(5-2)19-12-10-17(11-13-19)14-18(15-22)21(25)23-20-9-7-6-8-16(20)3/h6-14H,4-5H2,1-3H3,(H,23,25)/b18-14+. The van der Waals surface area contributed by atoms with Gasteiger partial charge in [-0.1, -0.05) is 30.3 Å². The van der Waals surface area contributed by atoms with E-state index < -0.39 is 5.91 Å². The summed E-state index contributed by atoms with van der Waals surface area (Å²) in [5.41, 5.74) is 3.71. The van der Waals surface area contributed by atoms with E-state index in [1.165, 1.54) is 0 Å². The van der Waals surface area contributed by atoms with E-state index in [9.17, 15) is 10.1 Å². The summed E-state index contributed by atoms with van der Waals surface area (Å²) in [6.45, 7) is 8.02. The first-order valence-corrected chi connectivity index (χ1v) is 8.42. The number of aryl methyl sites for hydroxylation is 1. The fourth-order valence-electron chi connectivity index (χ4n) is 2.59. The Labute approximate surface area is 149 Å². The van der Waals surface area contributed by atoms with E-state index >= 15 is 0 Å². The monoisotopic (exact) mass is 333 g/mol. The average Bonchev–Trinajstić information content (AvgIpc) is 2.63. The van der Waals surface area contributed by atoms with Crippen molar-refractivity contribution in [1.82, 2.24) is 0 Å². The summed E-state index contributed by atoms with van der Waals surface area (Å²) in [5.74, 6) is -0.399. The van der Waals surface area contributed by atoms with Crippen molar-refractivity contribution in [3.05, 3.63) is 65.2 Å². The molecule has 2 rings (SSSR count). The van der Waals surface area contributed by atoms with E-state index in [2.05, 4.69) is 24.1 Å². The molecule has 0 spiro atoms. The maximum Gasteiger partial charge on any atom is 0.266 e. The third-order valence-corrected chi connectivity index (χ3v) is 4.09. The van der Waals surface area contributed by atoms with Gasteiger partial charge in [-0.15, -0.1) is 0 Å². The molecule has 4 heteroatoms. The molecule has 0 fully saturated rings. The highest BCUT2D eigenvalue weighted by Crippen LogP contribution is 2.18. The van der Waals surface area contributed by atoms with Gasteiger partial charge in [-0.2, -0.15) is 5.26 Å². The predicted molar refractivity (Wildman–Crippen MR) is 103 cm³/mol. The summed E-state index contributed by atoms with van der Waals surface area (Å²) < 4.78 is 0. The molecule has 2 aromatic carbocycles. The van der Waals surface area contributed by atoms with Crippen LogP contribution in [0.25, 0.3) is 6.08 Å². The van der Waals surface area contributed by atoms with E-state index in [1.54, 1.807) is 6.08 Å². The lowest BCUT2D eigenvalue weighted by Gasteiger charge is -2.20. The first kappa shape index (κ1) is 18.3. The average molecular weight is 333 g/mol. The predicted octanol–water partition coefficient (Wildman–Crippen LogP) is 4.39. The van der Waals surface area contributed by atoms with Crippen molar-refractivity contribution < 1.29 is 4.79 Å². The molecule has 0 unspecified atom stereocenters. The second-order valence-corrected chi connectivity index (χ2v) is 5.70. The fourth-order valence-corrected chi connectivity index (χ4v) is 2.59. The normalized spacial score (nSPS) is 10.9. The minimum Gasteiger partial charge on any atom is -0.372 e. The first-order chi connectivity index (χ1) is 12.1. The van der Waals surface area contributed by atoms with E-state index in [0.29, 0.717) is 5.69 Å². The lowest BCUT2D eigenvalue weighted by molar-refractivity contribution is -0.112. The van der Waals surface area contributed by atoms with Crippen LogP contribution < -0.4 is 10.2 Å². The molecular weight excluding hydrogens is 310 g/mol. The van der Waals surface area contributed by atoms with E-state index in [1.807, 2.05) is 61.5 Å². The smallest absolute Gasteiger partial charge is 0.266 e. The molecule has 0 aliphatic carbocycles. The molecule has 4 nitrogen and oxygen atoms in total. The van der Waals surface area contributed by atoms with Crippen LogP contribution in [0.5, 0.6) is 0 Å². The number of amides is 1. The van der Waals surface area contributed by atoms with Gasteiger partial charge < -0.3 is 10.2 Å². The molecule has 0 radical (unpaired) electrons. The van der Waals surface area contributed by atoms with Gasteiger partial charge in [0.2, 0.25) is 0 Å². The van der Waals surface area contributed by atoms with Crippen LogP contribution in [0.15, 0.2) is 54.1 Å². The number of hydrogen-bond donors (Lipinski definition) is 1. The Balaban J connectivity index is 2.18. The van der Waals surface area contributed by atoms with Crippen molar-refractivity contribution in [2.75, 3.05) is 23.3 Å². The van der Waals surface area contributed by atoms with Crippen LogP contribution >= 0.6 is 0 Å². The number of anilines is 2. The number of hydrogen-bond acceptors (Lipinski definition) is 3. The third-order valence-electron chi connectivity index (χ3n) is 4.09. The molecule has 0 saturated carbocycles. The van der Waals surface area contributed by atoms with Gasteiger partial charge in [-0.3, -0.25) is 4.79 Å². The number of nitriles is 1. The first-order valence-electron chi connectivity index (χ1n) is 8.42. The summed E-state index contributed by atoms with van der Waals surface area (Å²) in [6, 6.07) is 17.3. The van der Waals surface area contributed by atoms with Gasteiger partial charge in [0.15, 0.2) is 0 Å². The SMILES string of the molecule is CCN(CC)c1ccc(/C=C(\C#N)C(=O)Nc2ccccc2C)cc1. The lowest BCUT2D eigenvalue weighted by Crippen LogP contribution is -2.21. The topological polar surface area (TPSA) is 56.1 Å². The van der Waals surface area contributed by atoms with E-state index in [4.69, 9.17) is 0 Å². The summed E-state index contributed by atoms with van der Waals surface area (Å²) in [7, 11) is 0. The summed E-state index contributed by atoms with van der Waals surface area (Å²) >= 11 is 0. The van der Waals surface area contributed by atoms with Gasteiger partial charge in [-0.05, 0) is 56.2 Å². The molecule has 1 amide bonds. The van der Waals surface area contributed by atoms with Crippen LogP contribution in [0.1, 0.15) is 25.0 Å². The van der Waals surface area contributed by atoms with Crippen molar-refractivity contribution in [3.8, 4) is 6.07 Å². The van der Waals surface area contributed by atoms with Crippen LogP contribution in [0.2, 0.25) is 0 Å². The minimum atomic E-state index is -0.399. The highest BCUT2D eigenvalue weighted by molar-refractivity contribution is 6.09. The van der Waals surface area contributed by atoms with Crippen LogP contribution in [0.4, 0.5) is 11.4 Å². The van der Waals surface area contributed by atoms with Crippen LogP contribution in [0.3, 0.4) is 0 Å². The number of nitrogens with one attached hydrogen (secondary N) is 1. The summed E-state index contributed by atoms with van der Waals surface area (Å²) in [4.78, 5) is 14.6. The van der Waals surface area contributed by atoms with E-state index in [0.717, 1.165) is 29.9 Å². The molecule has 0 aliphatic heterocycles. The molecular formula is C21H23N3O. The van der Waals surface area contributed by atoms with Crippen molar-refractivity contribution in [1.29, 1.82) is 5.26 Å². The second-order valence-electron chi connectivity index (χ2n) is 5.70. The number of rotatable bonds is 6. The maximum absolute atomic E-state index is 12.4. The lowest BCUT2D eigenvalue weighted by atomic mass is 10.1. The second kappa shape index (κ2) is 8.70. The molecule has 2 aromatic rings. The number of carbonyl (C=O) groups is 1. The third kappa shape index (κ3) is 4.71. The highest BCUT2D eigenvalue weighted by Gasteiger charge is 2.10. The molecule has 0 aromatic heterocycles. The minimum absolute atomic E-state index is 0.0823. The number of nitrogens with zero attached hydrogens (tertiary/aromatic N) is 2. The van der Waals surface area contributed by atoms with Crippen LogP contribution in [-0.2, 0) is 4.79 Å². The number of benzene rings is 2. The number of para-hydroxylation sites is 1.